The molecule has 0 amide bonds. The highest BCUT2D eigenvalue weighted by Crippen LogP contribution is 2.55. The van der Waals surface area contributed by atoms with E-state index < -0.39 is 0 Å². The van der Waals surface area contributed by atoms with Gasteiger partial charge in [0.2, 0.25) is 0 Å². The van der Waals surface area contributed by atoms with Gasteiger partial charge in [0, 0.05) is 5.54 Å². The first-order chi connectivity index (χ1) is 10.7. The van der Waals surface area contributed by atoms with Gasteiger partial charge in [-0.1, -0.05) is 0 Å². The summed E-state index contributed by atoms with van der Waals surface area (Å²) in [6.45, 7) is 6.21. The zero-order chi connectivity index (χ0) is 15.0. The van der Waals surface area contributed by atoms with Crippen molar-refractivity contribution in [3.63, 3.8) is 0 Å². The Kier molecular flexibility index (Phi) is 4.31. The first-order valence-corrected chi connectivity index (χ1v) is 9.59. The molecule has 0 aromatic carbocycles. The van der Waals surface area contributed by atoms with E-state index in [0.717, 1.165) is 62.3 Å². The summed E-state index contributed by atoms with van der Waals surface area (Å²) >= 11 is 5.60. The van der Waals surface area contributed by atoms with Gasteiger partial charge in [0.25, 0.3) is 0 Å². The van der Waals surface area contributed by atoms with Gasteiger partial charge in [0.15, 0.2) is 5.11 Å². The Bertz CT molecular complexity index is 387. The molecular weight excluding hydrogens is 294 g/mol. The van der Waals surface area contributed by atoms with Crippen LogP contribution in [0.4, 0.5) is 0 Å². The number of hydrogen-bond acceptors (Lipinski definition) is 2. The minimum atomic E-state index is 0.338. The van der Waals surface area contributed by atoms with Crippen LogP contribution in [0.3, 0.4) is 0 Å². The first kappa shape index (κ1) is 15.2. The monoisotopic (exact) mass is 324 g/mol. The summed E-state index contributed by atoms with van der Waals surface area (Å²) in [7, 11) is 0. The number of rotatable bonds is 4. The average Bonchev–Trinajstić information content (AvgIpc) is 2.46. The summed E-state index contributed by atoms with van der Waals surface area (Å²) in [5.41, 5.74) is 0.338. The van der Waals surface area contributed by atoms with Crippen molar-refractivity contribution < 1.29 is 9.64 Å². The lowest BCUT2D eigenvalue weighted by Gasteiger charge is -2.57. The summed E-state index contributed by atoms with van der Waals surface area (Å²) in [6, 6.07) is 0. The molecule has 1 saturated heterocycles. The van der Waals surface area contributed by atoms with Crippen molar-refractivity contribution in [2.24, 2.45) is 17.8 Å². The Morgan fingerprint density at radius 2 is 1.64 bits per heavy atom. The summed E-state index contributed by atoms with van der Waals surface area (Å²) < 4.78 is 5.41. The molecule has 0 aromatic heterocycles. The molecule has 4 bridgehead atoms. The topological polar surface area (TPSA) is 37.7 Å². The van der Waals surface area contributed by atoms with Crippen LogP contribution in [0.1, 0.15) is 38.5 Å². The second-order valence-corrected chi connectivity index (χ2v) is 8.60. The van der Waals surface area contributed by atoms with Gasteiger partial charge in [0.05, 0.1) is 26.3 Å². The highest BCUT2D eigenvalue weighted by Gasteiger charge is 2.51. The maximum atomic E-state index is 5.60. The maximum absolute atomic E-state index is 5.60. The molecular formula is C17H30N3OS+. The SMILES string of the molecule is S=C(NCC[NH+]1CCOCC1)NC12CC3CC(CC(C3)C1)C2. The molecule has 0 aromatic rings. The molecule has 1 aliphatic heterocycles. The van der Waals surface area contributed by atoms with Crippen LogP contribution in [-0.4, -0.2) is 50.0 Å². The zero-order valence-corrected chi connectivity index (χ0v) is 14.4. The van der Waals surface area contributed by atoms with Crippen molar-refractivity contribution in [3.05, 3.63) is 0 Å². The van der Waals surface area contributed by atoms with Gasteiger partial charge in [-0.25, -0.2) is 0 Å². The van der Waals surface area contributed by atoms with Gasteiger partial charge >= 0.3 is 0 Å². The molecule has 124 valence electrons. The molecule has 4 nitrogen and oxygen atoms in total. The van der Waals surface area contributed by atoms with Crippen molar-refractivity contribution in [1.29, 1.82) is 0 Å². The van der Waals surface area contributed by atoms with Gasteiger partial charge in [0.1, 0.15) is 13.1 Å². The second kappa shape index (κ2) is 6.25. The maximum Gasteiger partial charge on any atom is 0.166 e. The Morgan fingerprint density at radius 1 is 1.05 bits per heavy atom. The second-order valence-electron chi connectivity index (χ2n) is 8.19. The average molecular weight is 325 g/mol. The molecule has 5 heteroatoms. The standard InChI is InChI=1S/C17H29N3OS/c22-16(18-1-2-20-3-5-21-6-4-20)19-17-10-13-7-14(11-17)9-15(8-13)12-17/h13-15H,1-12H2,(H2,18,19,22)/p+1. The lowest BCUT2D eigenvalue weighted by Crippen LogP contribution is -3.14. The molecule has 5 aliphatic rings. The number of nitrogens with one attached hydrogen (secondary N) is 3. The third-order valence-corrected chi connectivity index (χ3v) is 6.63. The van der Waals surface area contributed by atoms with E-state index in [1.807, 2.05) is 0 Å². The van der Waals surface area contributed by atoms with Gasteiger partial charge < -0.3 is 20.3 Å². The number of quaternary nitrogens is 1. The van der Waals surface area contributed by atoms with E-state index in [-0.39, 0.29) is 0 Å². The van der Waals surface area contributed by atoms with E-state index in [4.69, 9.17) is 17.0 Å². The van der Waals surface area contributed by atoms with Crippen LogP contribution in [0, 0.1) is 17.8 Å². The van der Waals surface area contributed by atoms with E-state index in [0.29, 0.717) is 5.54 Å². The Morgan fingerprint density at radius 3 is 2.23 bits per heavy atom. The van der Waals surface area contributed by atoms with Crippen LogP contribution in [0.2, 0.25) is 0 Å². The molecule has 0 spiro atoms. The first-order valence-electron chi connectivity index (χ1n) is 9.18. The largest absolute Gasteiger partial charge is 0.370 e. The normalized spacial score (nSPS) is 40.6. The third kappa shape index (κ3) is 3.26. The van der Waals surface area contributed by atoms with Crippen LogP contribution in [0.5, 0.6) is 0 Å². The van der Waals surface area contributed by atoms with E-state index in [1.165, 1.54) is 38.5 Å². The minimum absolute atomic E-state index is 0.338. The fourth-order valence-corrected chi connectivity index (χ4v) is 6.13. The summed E-state index contributed by atoms with van der Waals surface area (Å²) in [5.74, 6) is 2.91. The summed E-state index contributed by atoms with van der Waals surface area (Å²) in [6.07, 6.45) is 8.53. The Hall–Kier alpha value is -0.390. The zero-order valence-electron chi connectivity index (χ0n) is 13.5. The van der Waals surface area contributed by atoms with Gasteiger partial charge in [-0.05, 0) is 68.5 Å². The van der Waals surface area contributed by atoms with Crippen molar-refractivity contribution >= 4 is 17.3 Å². The number of morpholine rings is 1. The van der Waals surface area contributed by atoms with E-state index in [2.05, 4.69) is 10.6 Å². The fraction of sp³-hybridized carbons (Fsp3) is 0.941. The Labute approximate surface area is 139 Å². The molecule has 0 atom stereocenters. The molecule has 5 fully saturated rings. The molecule has 22 heavy (non-hydrogen) atoms. The lowest BCUT2D eigenvalue weighted by molar-refractivity contribution is -0.906. The van der Waals surface area contributed by atoms with E-state index >= 15 is 0 Å². The molecule has 4 aliphatic carbocycles. The lowest BCUT2D eigenvalue weighted by atomic mass is 9.53. The smallest absolute Gasteiger partial charge is 0.166 e. The van der Waals surface area contributed by atoms with Crippen LogP contribution >= 0.6 is 12.2 Å². The van der Waals surface area contributed by atoms with Crippen molar-refractivity contribution in [3.8, 4) is 0 Å². The van der Waals surface area contributed by atoms with Gasteiger partial charge in [-0.2, -0.15) is 0 Å². The quantitative estimate of drug-likeness (QED) is 0.652. The predicted octanol–water partition coefficient (Wildman–Crippen LogP) is 0.334. The van der Waals surface area contributed by atoms with Gasteiger partial charge in [-0.15, -0.1) is 0 Å². The molecule has 4 saturated carbocycles. The van der Waals surface area contributed by atoms with E-state index in [9.17, 15) is 0 Å². The molecule has 0 unspecified atom stereocenters. The van der Waals surface area contributed by atoms with Crippen LogP contribution in [-0.2, 0) is 4.74 Å². The fourth-order valence-electron chi connectivity index (χ4n) is 5.81. The third-order valence-electron chi connectivity index (χ3n) is 6.38. The molecule has 5 rings (SSSR count). The van der Waals surface area contributed by atoms with Crippen LogP contribution in [0.15, 0.2) is 0 Å². The molecule has 3 N–H and O–H groups in total. The van der Waals surface area contributed by atoms with Crippen molar-refractivity contribution in [2.75, 3.05) is 39.4 Å². The summed E-state index contributed by atoms with van der Waals surface area (Å²) in [4.78, 5) is 1.64. The minimum Gasteiger partial charge on any atom is -0.370 e. The predicted molar refractivity (Wildman–Crippen MR) is 91.0 cm³/mol. The van der Waals surface area contributed by atoms with Gasteiger partial charge in [-0.3, -0.25) is 0 Å². The highest BCUT2D eigenvalue weighted by atomic mass is 32.1. The number of hydrogen-bond donors (Lipinski definition) is 3. The van der Waals surface area contributed by atoms with E-state index in [1.54, 1.807) is 4.90 Å². The van der Waals surface area contributed by atoms with Crippen molar-refractivity contribution in [1.82, 2.24) is 10.6 Å². The molecule has 1 heterocycles. The molecule has 0 radical (unpaired) electrons. The number of thiocarbonyl (C=S) groups is 1. The van der Waals surface area contributed by atoms with Crippen molar-refractivity contribution in [2.45, 2.75) is 44.1 Å². The van der Waals surface area contributed by atoms with Crippen LogP contribution < -0.4 is 15.5 Å². The van der Waals surface area contributed by atoms with Crippen LogP contribution in [0.25, 0.3) is 0 Å². The Balaban J connectivity index is 1.24. The number of ether oxygens (including phenoxy) is 1. The summed E-state index contributed by atoms with van der Waals surface area (Å²) in [5, 5.41) is 8.11. The highest BCUT2D eigenvalue weighted by molar-refractivity contribution is 7.80.